The summed E-state index contributed by atoms with van der Waals surface area (Å²) in [6.45, 7) is 8.28. The molecule has 0 saturated carbocycles. The third kappa shape index (κ3) is 3.43. The molecule has 2 heterocycles. The van der Waals surface area contributed by atoms with Crippen LogP contribution in [0.3, 0.4) is 0 Å². The fourth-order valence-corrected chi connectivity index (χ4v) is 3.84. The first-order chi connectivity index (χ1) is 13.4. The van der Waals surface area contributed by atoms with Crippen LogP contribution >= 0.6 is 0 Å². The Kier molecular flexibility index (Phi) is 5.87. The van der Waals surface area contributed by atoms with E-state index in [0.29, 0.717) is 0 Å². The average Bonchev–Trinajstić information content (AvgIpc) is 3.09. The summed E-state index contributed by atoms with van der Waals surface area (Å²) in [5.74, 6) is -0.380. The van der Waals surface area contributed by atoms with E-state index in [4.69, 9.17) is 4.42 Å². The second kappa shape index (κ2) is 8.17. The Balaban J connectivity index is 2.12. The molecular weight excluding hydrogens is 360 g/mol. The third-order valence-corrected chi connectivity index (χ3v) is 5.40. The van der Waals surface area contributed by atoms with Crippen LogP contribution in [0.25, 0.3) is 11.3 Å². The van der Waals surface area contributed by atoms with Gasteiger partial charge < -0.3 is 4.42 Å². The lowest BCUT2D eigenvalue weighted by atomic mass is 9.68. The monoisotopic (exact) mass is 385 g/mol. The summed E-state index contributed by atoms with van der Waals surface area (Å²) in [5.41, 5.74) is 1.03. The van der Waals surface area contributed by atoms with Crippen LogP contribution in [0.4, 0.5) is 8.78 Å². The van der Waals surface area contributed by atoms with E-state index in [0.717, 1.165) is 36.4 Å². The molecule has 6 heteroatoms. The Bertz CT molecular complexity index is 917. The van der Waals surface area contributed by atoms with E-state index in [1.807, 2.05) is 6.92 Å². The van der Waals surface area contributed by atoms with E-state index in [2.05, 4.69) is 36.0 Å². The second-order valence-corrected chi connectivity index (χ2v) is 7.40. The SMILES string of the molecule is CCCC[C@](c1ccc(-c2c(F)cccc2F)nn1)(c1ocnc1C)C(C)C. The molecule has 28 heavy (non-hydrogen) atoms. The molecule has 0 amide bonds. The van der Waals surface area contributed by atoms with Gasteiger partial charge in [0.25, 0.3) is 0 Å². The Morgan fingerprint density at radius 3 is 2.29 bits per heavy atom. The molecule has 3 aromatic rings. The van der Waals surface area contributed by atoms with Gasteiger partial charge in [-0.15, -0.1) is 0 Å². The first-order valence-electron chi connectivity index (χ1n) is 9.61. The molecule has 148 valence electrons. The summed E-state index contributed by atoms with van der Waals surface area (Å²) in [6, 6.07) is 7.18. The van der Waals surface area contributed by atoms with Crippen molar-refractivity contribution in [3.05, 3.63) is 65.5 Å². The number of rotatable bonds is 7. The van der Waals surface area contributed by atoms with Gasteiger partial charge in [0.2, 0.25) is 0 Å². The zero-order valence-electron chi connectivity index (χ0n) is 16.7. The molecule has 0 unspecified atom stereocenters. The molecule has 3 rings (SSSR count). The molecular formula is C22H25F2N3O. The lowest BCUT2D eigenvalue weighted by molar-refractivity contribution is 0.266. The zero-order chi connectivity index (χ0) is 20.3. The van der Waals surface area contributed by atoms with Crippen LogP contribution in [0.1, 0.15) is 57.2 Å². The number of aryl methyl sites for hydroxylation is 1. The number of oxazole rings is 1. The van der Waals surface area contributed by atoms with Crippen molar-refractivity contribution in [3.63, 3.8) is 0 Å². The minimum Gasteiger partial charge on any atom is -0.447 e. The van der Waals surface area contributed by atoms with Gasteiger partial charge in [-0.1, -0.05) is 39.7 Å². The highest BCUT2D eigenvalue weighted by atomic mass is 19.1. The first-order valence-corrected chi connectivity index (χ1v) is 9.61. The van der Waals surface area contributed by atoms with Crippen LogP contribution in [-0.2, 0) is 5.41 Å². The minimum atomic E-state index is -0.658. The number of hydrogen-bond donors (Lipinski definition) is 0. The molecule has 0 bridgehead atoms. The van der Waals surface area contributed by atoms with Gasteiger partial charge in [-0.25, -0.2) is 13.8 Å². The van der Waals surface area contributed by atoms with Crippen LogP contribution in [0, 0.1) is 24.5 Å². The topological polar surface area (TPSA) is 51.8 Å². The molecule has 0 aliphatic carbocycles. The fourth-order valence-electron chi connectivity index (χ4n) is 3.84. The zero-order valence-corrected chi connectivity index (χ0v) is 16.7. The van der Waals surface area contributed by atoms with Crippen LogP contribution < -0.4 is 0 Å². The number of unbranched alkanes of at least 4 members (excludes halogenated alkanes) is 1. The van der Waals surface area contributed by atoms with Gasteiger partial charge in [-0.3, -0.25) is 0 Å². The first kappa shape index (κ1) is 20.1. The van der Waals surface area contributed by atoms with E-state index in [1.165, 1.54) is 24.6 Å². The smallest absolute Gasteiger partial charge is 0.181 e. The van der Waals surface area contributed by atoms with Crippen molar-refractivity contribution in [1.82, 2.24) is 15.2 Å². The van der Waals surface area contributed by atoms with Gasteiger partial charge in [0.1, 0.15) is 17.4 Å². The summed E-state index contributed by atoms with van der Waals surface area (Å²) in [7, 11) is 0. The Hall–Kier alpha value is -2.63. The summed E-state index contributed by atoms with van der Waals surface area (Å²) >= 11 is 0. The maximum Gasteiger partial charge on any atom is 0.181 e. The van der Waals surface area contributed by atoms with Crippen molar-refractivity contribution in [1.29, 1.82) is 0 Å². The van der Waals surface area contributed by atoms with Crippen LogP contribution in [-0.4, -0.2) is 15.2 Å². The van der Waals surface area contributed by atoms with Gasteiger partial charge in [0.15, 0.2) is 6.39 Å². The number of benzene rings is 1. The Morgan fingerprint density at radius 2 is 1.79 bits per heavy atom. The Morgan fingerprint density at radius 1 is 1.07 bits per heavy atom. The molecule has 2 aromatic heterocycles. The van der Waals surface area contributed by atoms with E-state index in [1.54, 1.807) is 12.1 Å². The number of hydrogen-bond acceptors (Lipinski definition) is 4. The van der Waals surface area contributed by atoms with Crippen molar-refractivity contribution in [2.75, 3.05) is 0 Å². The fraction of sp³-hybridized carbons (Fsp3) is 0.409. The molecule has 0 radical (unpaired) electrons. The largest absolute Gasteiger partial charge is 0.447 e. The van der Waals surface area contributed by atoms with Gasteiger partial charge in [-0.2, -0.15) is 10.2 Å². The standard InChI is InChI=1S/C22H25F2N3O/c1-5-6-12-22(14(2)3,21-15(4)25-13-28-21)19-11-10-18(26-27-19)20-16(23)8-7-9-17(20)24/h7-11,13-14H,5-6,12H2,1-4H3/t22-/m0/s1. The maximum absolute atomic E-state index is 14.1. The minimum absolute atomic E-state index is 0.163. The number of halogens is 2. The number of aromatic nitrogens is 3. The van der Waals surface area contributed by atoms with E-state index in [-0.39, 0.29) is 17.2 Å². The number of nitrogens with zero attached hydrogens (tertiary/aromatic N) is 3. The van der Waals surface area contributed by atoms with E-state index < -0.39 is 17.0 Å². The lowest BCUT2D eigenvalue weighted by Gasteiger charge is -2.35. The maximum atomic E-state index is 14.1. The van der Waals surface area contributed by atoms with Crippen molar-refractivity contribution in [3.8, 4) is 11.3 Å². The summed E-state index contributed by atoms with van der Waals surface area (Å²) < 4.78 is 34.0. The van der Waals surface area contributed by atoms with Crippen molar-refractivity contribution in [2.45, 2.75) is 52.4 Å². The van der Waals surface area contributed by atoms with Crippen LogP contribution in [0.2, 0.25) is 0 Å². The molecule has 0 spiro atoms. The molecule has 0 saturated heterocycles. The molecule has 1 aromatic carbocycles. The molecule has 0 aliphatic rings. The lowest BCUT2D eigenvalue weighted by Crippen LogP contribution is -2.35. The highest BCUT2D eigenvalue weighted by Gasteiger charge is 2.43. The predicted octanol–water partition coefficient (Wildman–Crippen LogP) is 5.85. The normalized spacial score (nSPS) is 13.7. The van der Waals surface area contributed by atoms with Gasteiger partial charge in [0, 0.05) is 0 Å². The summed E-state index contributed by atoms with van der Waals surface area (Å²) in [5, 5.41) is 8.58. The quantitative estimate of drug-likeness (QED) is 0.512. The molecule has 0 N–H and O–H groups in total. The third-order valence-electron chi connectivity index (χ3n) is 5.40. The second-order valence-electron chi connectivity index (χ2n) is 7.40. The van der Waals surface area contributed by atoms with Crippen molar-refractivity contribution in [2.24, 2.45) is 5.92 Å². The van der Waals surface area contributed by atoms with Crippen molar-refractivity contribution < 1.29 is 13.2 Å². The van der Waals surface area contributed by atoms with Crippen molar-refractivity contribution >= 4 is 0 Å². The summed E-state index contributed by atoms with van der Waals surface area (Å²) in [4.78, 5) is 4.27. The van der Waals surface area contributed by atoms with Gasteiger partial charge >= 0.3 is 0 Å². The highest BCUT2D eigenvalue weighted by Crippen LogP contribution is 2.44. The predicted molar refractivity (Wildman–Crippen MR) is 104 cm³/mol. The molecule has 4 nitrogen and oxygen atoms in total. The summed E-state index contributed by atoms with van der Waals surface area (Å²) in [6.07, 6.45) is 4.26. The van der Waals surface area contributed by atoms with Crippen LogP contribution in [0.5, 0.6) is 0 Å². The average molecular weight is 385 g/mol. The van der Waals surface area contributed by atoms with Gasteiger partial charge in [-0.05, 0) is 43.5 Å². The Labute approximate surface area is 164 Å². The highest BCUT2D eigenvalue weighted by molar-refractivity contribution is 5.60. The van der Waals surface area contributed by atoms with Crippen LogP contribution in [0.15, 0.2) is 41.1 Å². The van der Waals surface area contributed by atoms with E-state index in [9.17, 15) is 8.78 Å². The molecule has 0 fully saturated rings. The molecule has 1 atom stereocenters. The van der Waals surface area contributed by atoms with E-state index >= 15 is 0 Å². The molecule has 0 aliphatic heterocycles. The van der Waals surface area contributed by atoms with Gasteiger partial charge in [0.05, 0.1) is 28.1 Å².